The summed E-state index contributed by atoms with van der Waals surface area (Å²) in [6.07, 6.45) is 3.16. The summed E-state index contributed by atoms with van der Waals surface area (Å²) in [7, 11) is 0. The average molecular weight is 247 g/mol. The molecule has 0 aromatic carbocycles. The molecule has 2 aromatic heterocycles. The van der Waals surface area contributed by atoms with E-state index in [4.69, 9.17) is 10.6 Å². The number of thiophene rings is 1. The Bertz CT molecular complexity index is 523. The number of carbonyl (C=O) groups excluding carboxylic acids is 1. The van der Waals surface area contributed by atoms with Gasteiger partial charge < -0.3 is 10.6 Å². The maximum atomic E-state index is 11.5. The number of aromatic nitrogens is 1. The Balaban J connectivity index is 2.04. The second-order valence-corrected chi connectivity index (χ2v) is 4.02. The van der Waals surface area contributed by atoms with Crippen LogP contribution in [0.4, 0.5) is 0 Å². The fourth-order valence-electron chi connectivity index (χ4n) is 1.11. The zero-order valence-electron chi connectivity index (χ0n) is 8.74. The van der Waals surface area contributed by atoms with Crippen molar-refractivity contribution in [2.75, 3.05) is 0 Å². The van der Waals surface area contributed by atoms with Crippen LogP contribution >= 0.6 is 11.3 Å². The van der Waals surface area contributed by atoms with E-state index < -0.39 is 5.97 Å². The van der Waals surface area contributed by atoms with E-state index in [2.05, 4.69) is 10.1 Å². The second-order valence-electron chi connectivity index (χ2n) is 3.07. The van der Waals surface area contributed by atoms with Crippen LogP contribution in [0.15, 0.2) is 47.2 Å². The van der Waals surface area contributed by atoms with Crippen LogP contribution in [0.1, 0.15) is 15.2 Å². The first-order valence-electron chi connectivity index (χ1n) is 4.76. The fourth-order valence-corrected chi connectivity index (χ4v) is 1.70. The molecular formula is C11H9N3O2S. The molecule has 0 radical (unpaired) electrons. The first-order valence-corrected chi connectivity index (χ1v) is 5.64. The van der Waals surface area contributed by atoms with Gasteiger partial charge in [-0.2, -0.15) is 0 Å². The van der Waals surface area contributed by atoms with Crippen LogP contribution in [-0.4, -0.2) is 16.8 Å². The SMILES string of the molecule is N/C(=N\OC(=O)c1cccs1)c1ccncc1. The van der Waals surface area contributed by atoms with Gasteiger partial charge in [-0.25, -0.2) is 4.79 Å². The molecule has 0 unspecified atom stereocenters. The highest BCUT2D eigenvalue weighted by Crippen LogP contribution is 2.10. The van der Waals surface area contributed by atoms with Crippen LogP contribution in [-0.2, 0) is 4.84 Å². The Hall–Kier alpha value is -2.21. The van der Waals surface area contributed by atoms with Gasteiger partial charge in [-0.3, -0.25) is 4.98 Å². The molecule has 0 spiro atoms. The molecule has 0 atom stereocenters. The molecule has 0 fully saturated rings. The van der Waals surface area contributed by atoms with E-state index in [0.717, 1.165) is 0 Å². The third-order valence-corrected chi connectivity index (χ3v) is 2.78. The van der Waals surface area contributed by atoms with Crippen LogP contribution in [0, 0.1) is 0 Å². The predicted molar refractivity (Wildman–Crippen MR) is 64.7 cm³/mol. The van der Waals surface area contributed by atoms with Crippen LogP contribution < -0.4 is 5.73 Å². The number of amidine groups is 1. The number of nitrogens with two attached hydrogens (primary N) is 1. The van der Waals surface area contributed by atoms with Crippen LogP contribution in [0.25, 0.3) is 0 Å². The molecule has 0 amide bonds. The quantitative estimate of drug-likeness (QED) is 0.387. The summed E-state index contributed by atoms with van der Waals surface area (Å²) in [6.45, 7) is 0. The molecule has 2 aromatic rings. The number of pyridine rings is 1. The summed E-state index contributed by atoms with van der Waals surface area (Å²) in [5.41, 5.74) is 6.30. The summed E-state index contributed by atoms with van der Waals surface area (Å²) in [5.74, 6) is -0.380. The molecular weight excluding hydrogens is 238 g/mol. The fraction of sp³-hybridized carbons (Fsp3) is 0. The highest BCUT2D eigenvalue weighted by atomic mass is 32.1. The molecule has 0 aliphatic rings. The Morgan fingerprint density at radius 3 is 2.76 bits per heavy atom. The largest absolute Gasteiger partial charge is 0.380 e. The molecule has 2 rings (SSSR count). The standard InChI is InChI=1S/C11H9N3O2S/c12-10(8-3-5-13-6-4-8)14-16-11(15)9-2-1-7-17-9/h1-7H,(H2,12,14). The number of rotatable bonds is 3. The lowest BCUT2D eigenvalue weighted by Gasteiger charge is -1.99. The van der Waals surface area contributed by atoms with E-state index in [-0.39, 0.29) is 5.84 Å². The van der Waals surface area contributed by atoms with Gasteiger partial charge in [0.25, 0.3) is 0 Å². The smallest absolute Gasteiger partial charge is 0.375 e. The van der Waals surface area contributed by atoms with Crippen molar-refractivity contribution in [1.82, 2.24) is 4.98 Å². The molecule has 0 saturated carbocycles. The van der Waals surface area contributed by atoms with Gasteiger partial charge >= 0.3 is 5.97 Å². The zero-order valence-corrected chi connectivity index (χ0v) is 9.55. The summed E-state index contributed by atoms with van der Waals surface area (Å²) in [5, 5.41) is 5.36. The molecule has 2 N–H and O–H groups in total. The highest BCUT2D eigenvalue weighted by Gasteiger charge is 2.08. The minimum atomic E-state index is -0.517. The van der Waals surface area contributed by atoms with Crippen LogP contribution in [0.2, 0.25) is 0 Å². The summed E-state index contributed by atoms with van der Waals surface area (Å²) < 4.78 is 0. The zero-order chi connectivity index (χ0) is 12.1. The second kappa shape index (κ2) is 5.22. The summed E-state index contributed by atoms with van der Waals surface area (Å²) in [4.78, 5) is 20.5. The third kappa shape index (κ3) is 2.88. The Morgan fingerprint density at radius 2 is 2.12 bits per heavy atom. The summed E-state index contributed by atoms with van der Waals surface area (Å²) in [6, 6.07) is 6.78. The van der Waals surface area contributed by atoms with Crippen molar-refractivity contribution in [2.45, 2.75) is 0 Å². The Kier molecular flexibility index (Phi) is 3.46. The van der Waals surface area contributed by atoms with E-state index in [0.29, 0.717) is 10.4 Å². The van der Waals surface area contributed by atoms with Gasteiger partial charge in [0.2, 0.25) is 0 Å². The minimum Gasteiger partial charge on any atom is -0.380 e. The van der Waals surface area contributed by atoms with E-state index in [1.165, 1.54) is 11.3 Å². The monoisotopic (exact) mass is 247 g/mol. The topological polar surface area (TPSA) is 77.6 Å². The highest BCUT2D eigenvalue weighted by molar-refractivity contribution is 7.11. The third-order valence-electron chi connectivity index (χ3n) is 1.93. The van der Waals surface area contributed by atoms with E-state index in [9.17, 15) is 4.79 Å². The Morgan fingerprint density at radius 1 is 1.35 bits per heavy atom. The van der Waals surface area contributed by atoms with Crippen molar-refractivity contribution in [3.63, 3.8) is 0 Å². The molecule has 86 valence electrons. The lowest BCUT2D eigenvalue weighted by Crippen LogP contribution is -2.15. The van der Waals surface area contributed by atoms with Gasteiger partial charge in [0.1, 0.15) is 4.88 Å². The molecule has 6 heteroatoms. The maximum absolute atomic E-state index is 11.5. The molecule has 0 aliphatic heterocycles. The Labute approximate surface area is 102 Å². The molecule has 0 saturated heterocycles. The van der Waals surface area contributed by atoms with Gasteiger partial charge in [0.15, 0.2) is 5.84 Å². The number of hydrogen-bond acceptors (Lipinski definition) is 5. The molecule has 0 bridgehead atoms. The van der Waals surface area contributed by atoms with Gasteiger partial charge in [-0.05, 0) is 23.6 Å². The minimum absolute atomic E-state index is 0.136. The van der Waals surface area contributed by atoms with Crippen molar-refractivity contribution < 1.29 is 9.63 Å². The van der Waals surface area contributed by atoms with Gasteiger partial charge in [-0.1, -0.05) is 11.2 Å². The van der Waals surface area contributed by atoms with E-state index in [1.807, 2.05) is 0 Å². The van der Waals surface area contributed by atoms with Crippen LogP contribution in [0.5, 0.6) is 0 Å². The van der Waals surface area contributed by atoms with Gasteiger partial charge in [0.05, 0.1) is 0 Å². The number of hydrogen-bond donors (Lipinski definition) is 1. The average Bonchev–Trinajstić information content (AvgIpc) is 2.90. The summed E-state index contributed by atoms with van der Waals surface area (Å²) >= 11 is 1.28. The molecule has 0 aliphatic carbocycles. The molecule has 17 heavy (non-hydrogen) atoms. The van der Waals surface area contributed by atoms with Crippen molar-refractivity contribution in [2.24, 2.45) is 10.9 Å². The number of oxime groups is 1. The lowest BCUT2D eigenvalue weighted by molar-refractivity contribution is 0.0522. The predicted octanol–water partition coefficient (Wildman–Crippen LogP) is 1.62. The van der Waals surface area contributed by atoms with Crippen molar-refractivity contribution in [3.8, 4) is 0 Å². The normalized spacial score (nSPS) is 11.2. The van der Waals surface area contributed by atoms with Crippen molar-refractivity contribution in [3.05, 3.63) is 52.5 Å². The lowest BCUT2D eigenvalue weighted by atomic mass is 10.2. The van der Waals surface area contributed by atoms with Gasteiger partial charge in [0, 0.05) is 18.0 Å². The maximum Gasteiger partial charge on any atom is 0.375 e. The van der Waals surface area contributed by atoms with Crippen LogP contribution in [0.3, 0.4) is 0 Å². The first kappa shape index (κ1) is 11.3. The number of carbonyl (C=O) groups is 1. The first-order chi connectivity index (χ1) is 8.27. The van der Waals surface area contributed by atoms with Gasteiger partial charge in [-0.15, -0.1) is 11.3 Å². The molecule has 2 heterocycles. The van der Waals surface area contributed by atoms with E-state index >= 15 is 0 Å². The number of nitrogens with zero attached hydrogens (tertiary/aromatic N) is 2. The van der Waals surface area contributed by atoms with Crippen molar-refractivity contribution >= 4 is 23.1 Å². The van der Waals surface area contributed by atoms with E-state index in [1.54, 1.807) is 42.0 Å². The van der Waals surface area contributed by atoms with Crippen molar-refractivity contribution in [1.29, 1.82) is 0 Å². The molecule has 5 nitrogen and oxygen atoms in total.